The predicted molar refractivity (Wildman–Crippen MR) is 116 cm³/mol. The number of carbonyl (C=O) groups excluding carboxylic acids is 2. The number of piperazine rings is 1. The maximum absolute atomic E-state index is 12.8. The first-order chi connectivity index (χ1) is 13.9. The second-order valence-electron chi connectivity index (χ2n) is 7.66. The molecule has 0 unspecified atom stereocenters. The Balaban J connectivity index is 1.87. The number of nitrogens with zero attached hydrogens (tertiary/aromatic N) is 2. The van der Waals surface area contributed by atoms with Gasteiger partial charge in [0.15, 0.2) is 0 Å². The molecule has 1 N–H and O–H groups in total. The molecule has 1 heterocycles. The molecule has 0 saturated carbocycles. The Morgan fingerprint density at radius 3 is 2.17 bits per heavy atom. The molecule has 1 aliphatic rings. The maximum atomic E-state index is 12.8. The van der Waals surface area contributed by atoms with Gasteiger partial charge in [0.25, 0.3) is 5.91 Å². The van der Waals surface area contributed by atoms with Gasteiger partial charge in [0, 0.05) is 37.8 Å². The molecule has 1 fully saturated rings. The van der Waals surface area contributed by atoms with Gasteiger partial charge in [-0.3, -0.25) is 9.69 Å². The van der Waals surface area contributed by atoms with Crippen molar-refractivity contribution in [2.45, 2.75) is 26.8 Å². The van der Waals surface area contributed by atoms with Crippen molar-refractivity contribution in [3.05, 3.63) is 59.2 Å². The monoisotopic (exact) mass is 395 g/mol. The fraction of sp³-hybridized carbons (Fsp3) is 0.391. The lowest BCUT2D eigenvalue weighted by Gasteiger charge is -2.38. The summed E-state index contributed by atoms with van der Waals surface area (Å²) in [6.45, 7) is 10.0. The quantitative estimate of drug-likeness (QED) is 0.785. The van der Waals surface area contributed by atoms with Crippen LogP contribution in [-0.4, -0.2) is 56.1 Å². The minimum Gasteiger partial charge on any atom is -0.465 e. The summed E-state index contributed by atoms with van der Waals surface area (Å²) in [7, 11) is 1.35. The van der Waals surface area contributed by atoms with E-state index in [1.807, 2.05) is 25.1 Å². The van der Waals surface area contributed by atoms with Gasteiger partial charge in [-0.05, 0) is 51.1 Å². The summed E-state index contributed by atoms with van der Waals surface area (Å²) in [5.74, 6) is -0.624. The number of ether oxygens (including phenoxy) is 1. The number of aryl methyl sites for hydroxylation is 1. The lowest BCUT2D eigenvalue weighted by Crippen LogP contribution is -2.49. The molecule has 29 heavy (non-hydrogen) atoms. The van der Waals surface area contributed by atoms with Crippen molar-refractivity contribution in [2.24, 2.45) is 0 Å². The van der Waals surface area contributed by atoms with Gasteiger partial charge in [-0.1, -0.05) is 17.7 Å². The van der Waals surface area contributed by atoms with Crippen LogP contribution in [0.3, 0.4) is 0 Å². The molecule has 0 radical (unpaired) electrons. The topological polar surface area (TPSA) is 61.9 Å². The molecule has 0 bridgehead atoms. The van der Waals surface area contributed by atoms with Crippen LogP contribution in [0, 0.1) is 6.92 Å². The average molecular weight is 396 g/mol. The number of benzene rings is 2. The number of rotatable bonds is 5. The van der Waals surface area contributed by atoms with Gasteiger partial charge in [-0.25, -0.2) is 4.79 Å². The van der Waals surface area contributed by atoms with Crippen LogP contribution in [0.15, 0.2) is 42.5 Å². The number of esters is 1. The Kier molecular flexibility index (Phi) is 6.54. The summed E-state index contributed by atoms with van der Waals surface area (Å²) in [5.41, 5.74) is 3.63. The van der Waals surface area contributed by atoms with Gasteiger partial charge in [-0.15, -0.1) is 0 Å². The Hall–Kier alpha value is -2.86. The lowest BCUT2D eigenvalue weighted by atomic mass is 10.1. The number of amides is 1. The number of nitrogens with one attached hydrogen (secondary N) is 1. The highest BCUT2D eigenvalue weighted by Gasteiger charge is 2.22. The molecule has 0 aliphatic carbocycles. The van der Waals surface area contributed by atoms with Gasteiger partial charge in [0.05, 0.1) is 24.0 Å². The largest absolute Gasteiger partial charge is 0.465 e. The first kappa shape index (κ1) is 20.9. The molecule has 1 saturated heterocycles. The highest BCUT2D eigenvalue weighted by molar-refractivity contribution is 6.06. The summed E-state index contributed by atoms with van der Waals surface area (Å²) in [4.78, 5) is 29.5. The molecule has 2 aromatic rings. The minimum absolute atomic E-state index is 0.200. The summed E-state index contributed by atoms with van der Waals surface area (Å²) >= 11 is 0. The Morgan fingerprint density at radius 2 is 1.59 bits per heavy atom. The zero-order valence-electron chi connectivity index (χ0n) is 17.6. The third-order valence-electron chi connectivity index (χ3n) is 5.36. The molecule has 0 spiro atoms. The standard InChI is InChI=1S/C23H29N3O3/c1-16(2)25-11-13-26(14-12-25)21-10-9-19(23(28)29-4)15-20(21)24-22(27)18-7-5-17(3)6-8-18/h5-10,15-16H,11-14H2,1-4H3,(H,24,27). The molecule has 3 rings (SSSR count). The van der Waals surface area contributed by atoms with Crippen LogP contribution in [0.4, 0.5) is 11.4 Å². The van der Waals surface area contributed by atoms with Crippen molar-refractivity contribution >= 4 is 23.3 Å². The van der Waals surface area contributed by atoms with E-state index in [4.69, 9.17) is 4.74 Å². The summed E-state index contributed by atoms with van der Waals surface area (Å²) in [5, 5.41) is 2.99. The van der Waals surface area contributed by atoms with E-state index in [1.165, 1.54) is 7.11 Å². The third-order valence-corrected chi connectivity index (χ3v) is 5.36. The molecule has 0 atom stereocenters. The zero-order valence-corrected chi connectivity index (χ0v) is 17.6. The Labute approximate surface area is 172 Å². The van der Waals surface area contributed by atoms with E-state index in [0.29, 0.717) is 22.9 Å². The fourth-order valence-electron chi connectivity index (χ4n) is 3.54. The Morgan fingerprint density at radius 1 is 0.966 bits per heavy atom. The number of anilines is 2. The highest BCUT2D eigenvalue weighted by Crippen LogP contribution is 2.29. The van der Waals surface area contributed by atoms with Gasteiger partial charge >= 0.3 is 5.97 Å². The smallest absolute Gasteiger partial charge is 0.337 e. The molecule has 6 nitrogen and oxygen atoms in total. The van der Waals surface area contributed by atoms with Crippen molar-refractivity contribution in [1.82, 2.24) is 4.90 Å². The van der Waals surface area contributed by atoms with E-state index >= 15 is 0 Å². The van der Waals surface area contributed by atoms with Crippen LogP contribution in [0.25, 0.3) is 0 Å². The van der Waals surface area contributed by atoms with E-state index in [-0.39, 0.29) is 5.91 Å². The van der Waals surface area contributed by atoms with Crippen molar-refractivity contribution in [2.75, 3.05) is 43.5 Å². The second kappa shape index (κ2) is 9.09. The molecule has 1 amide bonds. The summed E-state index contributed by atoms with van der Waals surface area (Å²) < 4.78 is 4.85. The molecule has 1 aliphatic heterocycles. The molecule has 0 aromatic heterocycles. The molecular formula is C23H29N3O3. The second-order valence-corrected chi connectivity index (χ2v) is 7.66. The molecule has 6 heteroatoms. The van der Waals surface area contributed by atoms with Crippen molar-refractivity contribution in [3.63, 3.8) is 0 Å². The number of methoxy groups -OCH3 is 1. The zero-order chi connectivity index (χ0) is 21.0. The lowest BCUT2D eigenvalue weighted by molar-refractivity contribution is 0.0600. The Bertz CT molecular complexity index is 869. The molecule has 2 aromatic carbocycles. The average Bonchev–Trinajstić information content (AvgIpc) is 2.73. The normalized spacial score (nSPS) is 14.7. The van der Waals surface area contributed by atoms with E-state index < -0.39 is 5.97 Å². The van der Waals surface area contributed by atoms with Crippen LogP contribution < -0.4 is 10.2 Å². The first-order valence-corrected chi connectivity index (χ1v) is 9.98. The fourth-order valence-corrected chi connectivity index (χ4v) is 3.54. The maximum Gasteiger partial charge on any atom is 0.337 e. The van der Waals surface area contributed by atoms with Crippen LogP contribution >= 0.6 is 0 Å². The summed E-state index contributed by atoms with van der Waals surface area (Å²) in [6.07, 6.45) is 0. The van der Waals surface area contributed by atoms with E-state index in [1.54, 1.807) is 24.3 Å². The highest BCUT2D eigenvalue weighted by atomic mass is 16.5. The van der Waals surface area contributed by atoms with Crippen LogP contribution in [0.1, 0.15) is 40.1 Å². The van der Waals surface area contributed by atoms with Crippen molar-refractivity contribution in [3.8, 4) is 0 Å². The molecule has 154 valence electrons. The van der Waals surface area contributed by atoms with Crippen LogP contribution in [0.2, 0.25) is 0 Å². The van der Waals surface area contributed by atoms with Crippen molar-refractivity contribution in [1.29, 1.82) is 0 Å². The van der Waals surface area contributed by atoms with E-state index in [2.05, 4.69) is 29.0 Å². The molecular weight excluding hydrogens is 366 g/mol. The van der Waals surface area contributed by atoms with Gasteiger partial charge in [0.1, 0.15) is 0 Å². The summed E-state index contributed by atoms with van der Waals surface area (Å²) in [6, 6.07) is 13.3. The SMILES string of the molecule is COC(=O)c1ccc(N2CCN(C(C)C)CC2)c(NC(=O)c2ccc(C)cc2)c1. The predicted octanol–water partition coefficient (Wildman–Crippen LogP) is 3.56. The first-order valence-electron chi connectivity index (χ1n) is 9.98. The van der Waals surface area contributed by atoms with Gasteiger partial charge in [-0.2, -0.15) is 0 Å². The van der Waals surface area contributed by atoms with Crippen LogP contribution in [-0.2, 0) is 4.74 Å². The van der Waals surface area contributed by atoms with E-state index in [0.717, 1.165) is 37.4 Å². The minimum atomic E-state index is -0.424. The van der Waals surface area contributed by atoms with Gasteiger partial charge < -0.3 is 15.0 Å². The van der Waals surface area contributed by atoms with E-state index in [9.17, 15) is 9.59 Å². The number of carbonyl (C=O) groups is 2. The third kappa shape index (κ3) is 4.95. The number of hydrogen-bond acceptors (Lipinski definition) is 5. The number of hydrogen-bond donors (Lipinski definition) is 1. The van der Waals surface area contributed by atoms with Crippen LogP contribution in [0.5, 0.6) is 0 Å². The van der Waals surface area contributed by atoms with Gasteiger partial charge in [0.2, 0.25) is 0 Å². The van der Waals surface area contributed by atoms with Crippen molar-refractivity contribution < 1.29 is 14.3 Å².